The molecule has 0 nitrogen and oxygen atoms in total. The number of alkyl halides is 2. The third kappa shape index (κ3) is 4.05. The highest BCUT2D eigenvalue weighted by Gasteiger charge is 2.21. The molecule has 0 aromatic rings. The molecule has 0 N–H and O–H groups in total. The molecule has 0 saturated heterocycles. The Kier molecular flexibility index (Phi) is 3.91. The van der Waals surface area contributed by atoms with Gasteiger partial charge in [0.25, 0.3) is 0 Å². The fourth-order valence-electron chi connectivity index (χ4n) is 0.507. The molecule has 9 heavy (non-hydrogen) atoms. The van der Waals surface area contributed by atoms with Crippen molar-refractivity contribution >= 4 is 23.2 Å². The molecule has 0 rings (SSSR count). The van der Waals surface area contributed by atoms with E-state index in [9.17, 15) is 0 Å². The molecule has 0 heterocycles. The largest absolute Gasteiger partial charge is 0.127 e. The molecule has 0 spiro atoms. The summed E-state index contributed by atoms with van der Waals surface area (Å²) in [6, 6.07) is 0. The molecular formula is C7H14Cl2. The van der Waals surface area contributed by atoms with E-state index in [0.717, 1.165) is 6.42 Å². The van der Waals surface area contributed by atoms with E-state index in [2.05, 4.69) is 6.92 Å². The van der Waals surface area contributed by atoms with E-state index in [-0.39, 0.29) is 4.87 Å². The van der Waals surface area contributed by atoms with Crippen LogP contribution in [0.2, 0.25) is 0 Å². The number of hydrogen-bond acceptors (Lipinski definition) is 0. The fraction of sp³-hybridized carbons (Fsp3) is 1.00. The molecule has 1 unspecified atom stereocenters. The van der Waals surface area contributed by atoms with Crippen LogP contribution in [0.15, 0.2) is 0 Å². The minimum atomic E-state index is -0.102. The molecule has 1 atom stereocenters. The van der Waals surface area contributed by atoms with Crippen LogP contribution in [0, 0.1) is 5.92 Å². The van der Waals surface area contributed by atoms with E-state index in [0.29, 0.717) is 11.8 Å². The van der Waals surface area contributed by atoms with Crippen LogP contribution in [0.5, 0.6) is 0 Å². The third-order valence-electron chi connectivity index (χ3n) is 1.71. The molecule has 2 heteroatoms. The summed E-state index contributed by atoms with van der Waals surface area (Å²) in [6.45, 7) is 6.16. The second kappa shape index (κ2) is 3.68. The summed E-state index contributed by atoms with van der Waals surface area (Å²) < 4.78 is 0. The van der Waals surface area contributed by atoms with E-state index in [1.807, 2.05) is 13.8 Å². The highest BCUT2D eigenvalue weighted by molar-refractivity contribution is 6.23. The molecule has 0 bridgehead atoms. The average molecular weight is 169 g/mol. The lowest BCUT2D eigenvalue weighted by molar-refractivity contribution is 0.441. The summed E-state index contributed by atoms with van der Waals surface area (Å²) in [6.07, 6.45) is 0.998. The minimum Gasteiger partial charge on any atom is -0.127 e. The van der Waals surface area contributed by atoms with Crippen LogP contribution in [0.4, 0.5) is 0 Å². The van der Waals surface area contributed by atoms with Crippen molar-refractivity contribution in [2.45, 2.75) is 32.1 Å². The van der Waals surface area contributed by atoms with Crippen molar-refractivity contribution in [1.29, 1.82) is 0 Å². The Morgan fingerprint density at radius 3 is 2.00 bits per heavy atom. The predicted molar refractivity (Wildman–Crippen MR) is 44.4 cm³/mol. The van der Waals surface area contributed by atoms with Crippen LogP contribution in [-0.4, -0.2) is 10.8 Å². The van der Waals surface area contributed by atoms with Crippen LogP contribution in [-0.2, 0) is 0 Å². The molecular weight excluding hydrogens is 155 g/mol. The highest BCUT2D eigenvalue weighted by atomic mass is 35.5. The fourth-order valence-corrected chi connectivity index (χ4v) is 0.943. The van der Waals surface area contributed by atoms with Gasteiger partial charge in [0.2, 0.25) is 0 Å². The van der Waals surface area contributed by atoms with E-state index in [1.165, 1.54) is 0 Å². The summed E-state index contributed by atoms with van der Waals surface area (Å²) in [5.74, 6) is 1.20. The van der Waals surface area contributed by atoms with E-state index in [1.54, 1.807) is 0 Å². The molecule has 0 aliphatic carbocycles. The quantitative estimate of drug-likeness (QED) is 0.568. The summed E-state index contributed by atoms with van der Waals surface area (Å²) >= 11 is 11.5. The molecule has 0 saturated carbocycles. The van der Waals surface area contributed by atoms with Gasteiger partial charge in [0.15, 0.2) is 0 Å². The molecule has 56 valence electrons. The lowest BCUT2D eigenvalue weighted by Gasteiger charge is -2.23. The number of hydrogen-bond donors (Lipinski definition) is 0. The van der Waals surface area contributed by atoms with Crippen molar-refractivity contribution in [2.24, 2.45) is 5.92 Å². The van der Waals surface area contributed by atoms with Gasteiger partial charge in [-0.1, -0.05) is 6.92 Å². The first kappa shape index (κ1) is 9.58. The lowest BCUT2D eigenvalue weighted by atomic mass is 9.95. The molecule has 0 aromatic carbocycles. The Morgan fingerprint density at radius 2 is 1.89 bits per heavy atom. The van der Waals surface area contributed by atoms with E-state index >= 15 is 0 Å². The first-order valence-electron chi connectivity index (χ1n) is 3.23. The second-order valence-corrected chi connectivity index (χ2v) is 4.30. The Labute approximate surface area is 67.5 Å². The Morgan fingerprint density at radius 1 is 1.44 bits per heavy atom. The second-order valence-electron chi connectivity index (χ2n) is 2.94. The zero-order chi connectivity index (χ0) is 7.49. The summed E-state index contributed by atoms with van der Waals surface area (Å²) in [5.41, 5.74) is 0. The first-order valence-corrected chi connectivity index (χ1v) is 4.14. The predicted octanol–water partition coefficient (Wildman–Crippen LogP) is 3.27. The van der Waals surface area contributed by atoms with Crippen LogP contribution < -0.4 is 0 Å². The van der Waals surface area contributed by atoms with Gasteiger partial charge in [0.05, 0.1) is 0 Å². The standard InChI is InChI=1S/C7H14Cl2/c1-6(4-5-8)7(2,3)9/h6H,4-5H2,1-3H3. The first-order chi connectivity index (χ1) is 3.98. The van der Waals surface area contributed by atoms with E-state index in [4.69, 9.17) is 23.2 Å². The Bertz CT molecular complexity index is 73.5. The van der Waals surface area contributed by atoms with Gasteiger partial charge < -0.3 is 0 Å². The van der Waals surface area contributed by atoms with Crippen molar-refractivity contribution in [3.8, 4) is 0 Å². The smallest absolute Gasteiger partial charge is 0.0416 e. The monoisotopic (exact) mass is 168 g/mol. The van der Waals surface area contributed by atoms with Gasteiger partial charge in [-0.3, -0.25) is 0 Å². The zero-order valence-electron chi connectivity index (χ0n) is 6.25. The van der Waals surface area contributed by atoms with Gasteiger partial charge in [-0.25, -0.2) is 0 Å². The van der Waals surface area contributed by atoms with Gasteiger partial charge >= 0.3 is 0 Å². The van der Waals surface area contributed by atoms with Gasteiger partial charge in [-0.2, -0.15) is 0 Å². The maximum Gasteiger partial charge on any atom is 0.0416 e. The van der Waals surface area contributed by atoms with Crippen molar-refractivity contribution in [3.05, 3.63) is 0 Å². The molecule has 0 radical (unpaired) electrons. The van der Waals surface area contributed by atoms with Gasteiger partial charge in [-0.05, 0) is 26.2 Å². The zero-order valence-corrected chi connectivity index (χ0v) is 7.76. The highest BCUT2D eigenvalue weighted by Crippen LogP contribution is 2.26. The Balaban J connectivity index is 3.59. The molecule has 0 amide bonds. The Hall–Kier alpha value is 0.580. The van der Waals surface area contributed by atoms with Crippen molar-refractivity contribution < 1.29 is 0 Å². The molecule has 0 aromatic heterocycles. The van der Waals surface area contributed by atoms with Gasteiger partial charge in [-0.15, -0.1) is 23.2 Å². The van der Waals surface area contributed by atoms with Crippen LogP contribution in [0.1, 0.15) is 27.2 Å². The van der Waals surface area contributed by atoms with Gasteiger partial charge in [0, 0.05) is 10.8 Å². The van der Waals surface area contributed by atoms with Crippen LogP contribution in [0.3, 0.4) is 0 Å². The van der Waals surface area contributed by atoms with Crippen molar-refractivity contribution in [1.82, 2.24) is 0 Å². The summed E-state index contributed by atoms with van der Waals surface area (Å²) in [7, 11) is 0. The van der Waals surface area contributed by atoms with Crippen LogP contribution >= 0.6 is 23.2 Å². The number of halogens is 2. The average Bonchev–Trinajstić information content (AvgIpc) is 1.64. The topological polar surface area (TPSA) is 0 Å². The number of rotatable bonds is 3. The summed E-state index contributed by atoms with van der Waals surface area (Å²) in [5, 5.41) is 0. The van der Waals surface area contributed by atoms with Crippen LogP contribution in [0.25, 0.3) is 0 Å². The molecule has 0 aliphatic rings. The SMILES string of the molecule is CC(CCCl)C(C)(C)Cl. The molecule has 0 aliphatic heterocycles. The van der Waals surface area contributed by atoms with Crippen molar-refractivity contribution in [3.63, 3.8) is 0 Å². The normalized spacial score (nSPS) is 15.7. The maximum absolute atomic E-state index is 6.00. The van der Waals surface area contributed by atoms with E-state index < -0.39 is 0 Å². The summed E-state index contributed by atoms with van der Waals surface area (Å²) in [4.78, 5) is -0.102. The minimum absolute atomic E-state index is 0.102. The third-order valence-corrected chi connectivity index (χ3v) is 2.30. The van der Waals surface area contributed by atoms with Gasteiger partial charge in [0.1, 0.15) is 0 Å². The van der Waals surface area contributed by atoms with Crippen molar-refractivity contribution in [2.75, 3.05) is 5.88 Å². The molecule has 0 fully saturated rings. The maximum atomic E-state index is 6.00. The lowest BCUT2D eigenvalue weighted by Crippen LogP contribution is -2.21.